The fourth-order valence-electron chi connectivity index (χ4n) is 3.47. The van der Waals surface area contributed by atoms with Crippen molar-refractivity contribution in [1.82, 2.24) is 19.7 Å². The van der Waals surface area contributed by atoms with E-state index in [2.05, 4.69) is 15.5 Å². The number of nitrogens with zero attached hydrogens (tertiary/aromatic N) is 4. The fourth-order valence-corrected chi connectivity index (χ4v) is 3.47. The average molecular weight is 365 g/mol. The summed E-state index contributed by atoms with van der Waals surface area (Å²) in [5.74, 6) is 0.119. The molecule has 138 valence electrons. The first kappa shape index (κ1) is 17.2. The highest BCUT2D eigenvalue weighted by Gasteiger charge is 2.34. The van der Waals surface area contributed by atoms with Crippen LogP contribution in [0.2, 0.25) is 0 Å². The zero-order chi connectivity index (χ0) is 19.0. The van der Waals surface area contributed by atoms with Gasteiger partial charge in [0.25, 0.3) is 0 Å². The van der Waals surface area contributed by atoms with Crippen molar-refractivity contribution in [1.29, 1.82) is 0 Å². The second-order valence-electron chi connectivity index (χ2n) is 6.61. The molecule has 2 heterocycles. The van der Waals surface area contributed by atoms with Crippen LogP contribution in [0.25, 0.3) is 10.8 Å². The van der Waals surface area contributed by atoms with E-state index in [9.17, 15) is 14.7 Å². The first-order chi connectivity index (χ1) is 13.0. The van der Waals surface area contributed by atoms with Crippen LogP contribution < -0.4 is 5.32 Å². The van der Waals surface area contributed by atoms with Gasteiger partial charge in [0.2, 0.25) is 5.91 Å². The summed E-state index contributed by atoms with van der Waals surface area (Å²) in [7, 11) is 0. The summed E-state index contributed by atoms with van der Waals surface area (Å²) in [5, 5.41) is 22.5. The summed E-state index contributed by atoms with van der Waals surface area (Å²) in [5.41, 5.74) is 0.709. The molecule has 1 unspecified atom stereocenters. The summed E-state index contributed by atoms with van der Waals surface area (Å²) >= 11 is 0. The summed E-state index contributed by atoms with van der Waals surface area (Å²) in [6.07, 6.45) is 0. The van der Waals surface area contributed by atoms with E-state index in [4.69, 9.17) is 0 Å². The van der Waals surface area contributed by atoms with Crippen molar-refractivity contribution in [3.05, 3.63) is 54.1 Å². The van der Waals surface area contributed by atoms with Gasteiger partial charge in [-0.05, 0) is 18.4 Å². The molecule has 4 rings (SSSR count). The lowest BCUT2D eigenvalue weighted by Gasteiger charge is -2.32. The van der Waals surface area contributed by atoms with E-state index >= 15 is 0 Å². The highest BCUT2D eigenvalue weighted by atomic mass is 16.4. The lowest BCUT2D eigenvalue weighted by molar-refractivity contribution is -0.145. The van der Waals surface area contributed by atoms with E-state index in [0.717, 1.165) is 10.8 Å². The minimum absolute atomic E-state index is 0.0356. The van der Waals surface area contributed by atoms with Crippen molar-refractivity contribution >= 4 is 28.3 Å². The highest BCUT2D eigenvalue weighted by molar-refractivity contribution is 6.02. The Kier molecular flexibility index (Phi) is 4.33. The van der Waals surface area contributed by atoms with Gasteiger partial charge in [0, 0.05) is 11.1 Å². The smallest absolute Gasteiger partial charge is 0.322 e. The Hall–Kier alpha value is -3.26. The summed E-state index contributed by atoms with van der Waals surface area (Å²) < 4.78 is 1.79. The van der Waals surface area contributed by atoms with Crippen LogP contribution in [0.15, 0.2) is 42.5 Å². The molecule has 2 N–H and O–H groups in total. The number of hydrogen-bond donors (Lipinski definition) is 2. The Labute approximate surface area is 155 Å². The predicted octanol–water partition coefficient (Wildman–Crippen LogP) is 1.65. The van der Waals surface area contributed by atoms with Gasteiger partial charge in [-0.25, -0.2) is 0 Å². The molecule has 1 aliphatic heterocycles. The van der Waals surface area contributed by atoms with Gasteiger partial charge in [0.1, 0.15) is 17.7 Å². The number of anilines is 1. The summed E-state index contributed by atoms with van der Waals surface area (Å²) in [6.45, 7) is 2.25. The molecule has 1 aliphatic rings. The van der Waals surface area contributed by atoms with Gasteiger partial charge < -0.3 is 15.0 Å². The van der Waals surface area contributed by atoms with E-state index in [1.807, 2.05) is 42.5 Å². The van der Waals surface area contributed by atoms with Crippen molar-refractivity contribution in [3.8, 4) is 0 Å². The second-order valence-corrected chi connectivity index (χ2v) is 6.61. The summed E-state index contributed by atoms with van der Waals surface area (Å²) in [6, 6.07) is 12.7. The van der Waals surface area contributed by atoms with Gasteiger partial charge in [0.15, 0.2) is 0 Å². The topological polar surface area (TPSA) is 100 Å². The third-order valence-electron chi connectivity index (χ3n) is 4.85. The fraction of sp³-hybridized carbons (Fsp3) is 0.263. The maximum atomic E-state index is 12.6. The Morgan fingerprint density at radius 1 is 1.19 bits per heavy atom. The predicted molar refractivity (Wildman–Crippen MR) is 99.2 cm³/mol. The first-order valence-electron chi connectivity index (χ1n) is 8.66. The number of benzene rings is 2. The molecule has 0 bridgehead atoms. The molecule has 0 saturated heterocycles. The number of carbonyl (C=O) groups is 2. The molecule has 0 radical (unpaired) electrons. The first-order valence-corrected chi connectivity index (χ1v) is 8.66. The molecule has 1 atom stereocenters. The van der Waals surface area contributed by atoms with Gasteiger partial charge in [-0.15, -0.1) is 10.2 Å². The van der Waals surface area contributed by atoms with E-state index in [1.54, 1.807) is 16.4 Å². The molecule has 0 spiro atoms. The number of fused-ring (bicyclic) bond motifs is 2. The third kappa shape index (κ3) is 3.26. The van der Waals surface area contributed by atoms with Crippen molar-refractivity contribution in [2.45, 2.75) is 26.1 Å². The maximum Gasteiger partial charge on any atom is 0.322 e. The second kappa shape index (κ2) is 6.81. The molecular weight excluding hydrogens is 346 g/mol. The van der Waals surface area contributed by atoms with Crippen LogP contribution in [0.3, 0.4) is 0 Å². The Morgan fingerprint density at radius 2 is 1.96 bits per heavy atom. The van der Waals surface area contributed by atoms with Gasteiger partial charge in [0.05, 0.1) is 19.6 Å². The standard InChI is InChI=1S/C19H19N5O3/c1-12-21-22-17-10-23(16(19(26)27)9-24(12)17)11-18(25)20-15-8-4-6-13-5-2-3-7-14(13)15/h2-8,16H,9-11H2,1H3,(H,20,25)(H,26,27). The summed E-state index contributed by atoms with van der Waals surface area (Å²) in [4.78, 5) is 25.9. The van der Waals surface area contributed by atoms with Crippen LogP contribution >= 0.6 is 0 Å². The Morgan fingerprint density at radius 3 is 2.78 bits per heavy atom. The molecule has 2 aromatic carbocycles. The van der Waals surface area contributed by atoms with Gasteiger partial charge >= 0.3 is 5.97 Å². The number of aliphatic carboxylic acids is 1. The number of aryl methyl sites for hydroxylation is 1. The average Bonchev–Trinajstić information content (AvgIpc) is 3.01. The van der Waals surface area contributed by atoms with Crippen molar-refractivity contribution in [2.24, 2.45) is 0 Å². The Bertz CT molecular complexity index is 1020. The Balaban J connectivity index is 1.53. The molecule has 3 aromatic rings. The lowest BCUT2D eigenvalue weighted by atomic mass is 10.1. The minimum Gasteiger partial charge on any atom is -0.480 e. The van der Waals surface area contributed by atoms with Crippen LogP contribution in [0.4, 0.5) is 5.69 Å². The quantitative estimate of drug-likeness (QED) is 0.729. The monoisotopic (exact) mass is 365 g/mol. The van der Waals surface area contributed by atoms with Gasteiger partial charge in [-0.3, -0.25) is 14.5 Å². The largest absolute Gasteiger partial charge is 0.480 e. The molecule has 0 saturated carbocycles. The third-order valence-corrected chi connectivity index (χ3v) is 4.85. The van der Waals surface area contributed by atoms with E-state index in [1.165, 1.54) is 0 Å². The molecule has 0 fully saturated rings. The molecule has 8 nitrogen and oxygen atoms in total. The highest BCUT2D eigenvalue weighted by Crippen LogP contribution is 2.23. The molecule has 1 amide bonds. The van der Waals surface area contributed by atoms with Gasteiger partial charge in [-0.2, -0.15) is 0 Å². The molecular formula is C19H19N5O3. The van der Waals surface area contributed by atoms with Crippen molar-refractivity contribution in [3.63, 3.8) is 0 Å². The van der Waals surface area contributed by atoms with Crippen LogP contribution in [0, 0.1) is 6.92 Å². The number of carboxylic acid groups (broad SMARTS) is 1. The van der Waals surface area contributed by atoms with Gasteiger partial charge in [-0.1, -0.05) is 36.4 Å². The number of nitrogens with one attached hydrogen (secondary N) is 1. The zero-order valence-corrected chi connectivity index (χ0v) is 14.8. The number of aromatic nitrogens is 3. The number of carbonyl (C=O) groups excluding carboxylic acids is 1. The molecule has 0 aliphatic carbocycles. The van der Waals surface area contributed by atoms with Crippen LogP contribution in [0.1, 0.15) is 11.6 Å². The normalized spacial score (nSPS) is 16.9. The molecule has 27 heavy (non-hydrogen) atoms. The van der Waals surface area contributed by atoms with E-state index < -0.39 is 12.0 Å². The number of amides is 1. The van der Waals surface area contributed by atoms with Crippen molar-refractivity contribution < 1.29 is 14.7 Å². The maximum absolute atomic E-state index is 12.6. The van der Waals surface area contributed by atoms with Crippen LogP contribution in [-0.4, -0.2) is 49.2 Å². The SMILES string of the molecule is Cc1nnc2n1CC(C(=O)O)N(CC(=O)Nc1cccc3ccccc13)C2. The number of hydrogen-bond acceptors (Lipinski definition) is 5. The molecule has 1 aromatic heterocycles. The zero-order valence-electron chi connectivity index (χ0n) is 14.8. The van der Waals surface area contributed by atoms with E-state index in [-0.39, 0.29) is 25.5 Å². The minimum atomic E-state index is -0.966. The van der Waals surface area contributed by atoms with Crippen molar-refractivity contribution in [2.75, 3.05) is 11.9 Å². The number of carboxylic acids is 1. The van der Waals surface area contributed by atoms with Crippen LogP contribution in [-0.2, 0) is 22.7 Å². The van der Waals surface area contributed by atoms with Crippen LogP contribution in [0.5, 0.6) is 0 Å². The van der Waals surface area contributed by atoms with E-state index in [0.29, 0.717) is 17.3 Å². The lowest BCUT2D eigenvalue weighted by Crippen LogP contribution is -2.50. The molecule has 8 heteroatoms. The number of rotatable bonds is 4.